The highest BCUT2D eigenvalue weighted by atomic mass is 16.5. The van der Waals surface area contributed by atoms with Crippen LogP contribution in [0.4, 0.5) is 5.69 Å². The Kier molecular flexibility index (Phi) is 2.49. The summed E-state index contributed by atoms with van der Waals surface area (Å²) >= 11 is 0. The van der Waals surface area contributed by atoms with Gasteiger partial charge in [-0.25, -0.2) is 0 Å². The minimum absolute atomic E-state index is 0.0423. The van der Waals surface area contributed by atoms with Crippen LogP contribution >= 0.6 is 0 Å². The molecule has 2 rings (SSSR count). The van der Waals surface area contributed by atoms with Crippen molar-refractivity contribution in [3.8, 4) is 5.75 Å². The number of nitrogens with zero attached hydrogens (tertiary/aromatic N) is 1. The molecule has 0 saturated heterocycles. The van der Waals surface area contributed by atoms with Crippen molar-refractivity contribution in [3.63, 3.8) is 0 Å². The largest absolute Gasteiger partial charge is 0.493 e. The van der Waals surface area contributed by atoms with E-state index in [1.165, 1.54) is 12.3 Å². The Hall–Kier alpha value is -2.03. The molecule has 0 atom stereocenters. The van der Waals surface area contributed by atoms with Crippen LogP contribution in [-0.4, -0.2) is 11.6 Å². The maximum absolute atomic E-state index is 7.69. The number of aromatic nitrogens is 1. The van der Waals surface area contributed by atoms with Gasteiger partial charge in [-0.05, 0) is 42.3 Å². The first-order chi connectivity index (χ1) is 10.7. The second-order valence-corrected chi connectivity index (χ2v) is 3.83. The smallest absolute Gasteiger partial charge is 0.119 e. The van der Waals surface area contributed by atoms with Crippen LogP contribution < -0.4 is 10.5 Å². The van der Waals surface area contributed by atoms with Crippen LogP contribution in [0.3, 0.4) is 0 Å². The summed E-state index contributed by atoms with van der Waals surface area (Å²) in [5.41, 5.74) is 7.00. The van der Waals surface area contributed by atoms with E-state index in [-0.39, 0.29) is 5.56 Å². The van der Waals surface area contributed by atoms with E-state index in [1.807, 2.05) is 0 Å². The summed E-state index contributed by atoms with van der Waals surface area (Å²) in [6, 6.07) is 10.1. The van der Waals surface area contributed by atoms with E-state index in [4.69, 9.17) is 17.3 Å². The molecule has 0 aliphatic heterocycles. The zero-order chi connectivity index (χ0) is 17.1. The summed E-state index contributed by atoms with van der Waals surface area (Å²) in [4.78, 5) is 4.11. The third kappa shape index (κ3) is 3.48. The van der Waals surface area contributed by atoms with Gasteiger partial charge in [0.25, 0.3) is 0 Å². The third-order valence-corrected chi connectivity index (χ3v) is 2.48. The molecule has 0 unspecified atom stereocenters. The molecule has 0 amide bonds. The van der Waals surface area contributed by atoms with Crippen LogP contribution in [0.1, 0.15) is 25.0 Å². The van der Waals surface area contributed by atoms with Crippen molar-refractivity contribution in [2.24, 2.45) is 0 Å². The van der Waals surface area contributed by atoms with E-state index in [0.29, 0.717) is 30.2 Å². The zero-order valence-electron chi connectivity index (χ0n) is 14.9. The lowest BCUT2D eigenvalue weighted by Gasteiger charge is -2.06. The Morgan fingerprint density at radius 3 is 2.78 bits per heavy atom. The Labute approximate surface area is 115 Å². The van der Waals surface area contributed by atoms with Gasteiger partial charge < -0.3 is 10.5 Å². The molecule has 0 radical (unpaired) electrons. The molecule has 1 aromatic heterocycles. The van der Waals surface area contributed by atoms with E-state index in [1.54, 1.807) is 30.3 Å². The molecule has 2 aromatic rings. The number of nitrogen functional groups attached to an aromatic ring is 1. The lowest BCUT2D eigenvalue weighted by Crippen LogP contribution is -2.03. The normalized spacial score (nSPS) is 15.9. The van der Waals surface area contributed by atoms with Gasteiger partial charge in [-0.2, -0.15) is 0 Å². The van der Waals surface area contributed by atoms with Crippen molar-refractivity contribution in [1.29, 1.82) is 0 Å². The summed E-state index contributed by atoms with van der Waals surface area (Å²) in [5.74, 6) is 0.703. The number of anilines is 1. The first-order valence-electron chi connectivity index (χ1n) is 8.14. The molecule has 94 valence electrons. The van der Waals surface area contributed by atoms with Crippen LogP contribution in [0.15, 0.2) is 42.6 Å². The standard InChI is InChI=1S/C15H18N2O/c1-2-12-3-6-14(17-11-12)9-10-18-15-7-4-13(16)5-8-15/h3-8,11H,2,9-10,16H2,1H3/i1D3,2D2. The van der Waals surface area contributed by atoms with Gasteiger partial charge in [0.2, 0.25) is 0 Å². The predicted molar refractivity (Wildman–Crippen MR) is 73.7 cm³/mol. The van der Waals surface area contributed by atoms with Gasteiger partial charge in [0.05, 0.1) is 6.61 Å². The number of benzene rings is 1. The van der Waals surface area contributed by atoms with Crippen molar-refractivity contribution in [1.82, 2.24) is 4.98 Å². The molecule has 18 heavy (non-hydrogen) atoms. The number of nitrogens with two attached hydrogens (primary N) is 1. The van der Waals surface area contributed by atoms with Gasteiger partial charge >= 0.3 is 0 Å². The lowest BCUT2D eigenvalue weighted by molar-refractivity contribution is 0.320. The second kappa shape index (κ2) is 6.05. The molecule has 0 saturated carbocycles. The van der Waals surface area contributed by atoms with Crippen molar-refractivity contribution in [2.45, 2.75) is 19.6 Å². The molecule has 3 heteroatoms. The number of ether oxygens (including phenoxy) is 1. The van der Waals surface area contributed by atoms with E-state index in [0.717, 1.165) is 0 Å². The lowest BCUT2D eigenvalue weighted by atomic mass is 10.2. The number of pyridine rings is 1. The molecular weight excluding hydrogens is 224 g/mol. The van der Waals surface area contributed by atoms with E-state index in [2.05, 4.69) is 4.98 Å². The topological polar surface area (TPSA) is 48.1 Å². The number of rotatable bonds is 5. The molecule has 3 nitrogen and oxygen atoms in total. The number of hydrogen-bond donors (Lipinski definition) is 1. The summed E-state index contributed by atoms with van der Waals surface area (Å²) < 4.78 is 42.7. The Morgan fingerprint density at radius 1 is 1.28 bits per heavy atom. The van der Waals surface area contributed by atoms with Crippen LogP contribution in [-0.2, 0) is 12.8 Å². The average Bonchev–Trinajstić information content (AvgIpc) is 2.49. The van der Waals surface area contributed by atoms with Gasteiger partial charge in [0.1, 0.15) is 5.75 Å². The fraction of sp³-hybridized carbons (Fsp3) is 0.267. The molecule has 1 aromatic carbocycles. The van der Waals surface area contributed by atoms with E-state index in [9.17, 15) is 0 Å². The fourth-order valence-corrected chi connectivity index (χ4v) is 1.48. The van der Waals surface area contributed by atoms with Gasteiger partial charge in [-0.1, -0.05) is 12.9 Å². The van der Waals surface area contributed by atoms with Crippen LogP contribution in [0, 0.1) is 0 Å². The molecule has 0 aliphatic carbocycles. The maximum atomic E-state index is 7.69. The highest BCUT2D eigenvalue weighted by molar-refractivity contribution is 5.41. The Balaban J connectivity index is 1.94. The summed E-state index contributed by atoms with van der Waals surface area (Å²) in [7, 11) is 0. The van der Waals surface area contributed by atoms with Crippen LogP contribution in [0.25, 0.3) is 0 Å². The molecule has 0 spiro atoms. The Bertz CT molecular complexity index is 638. The molecule has 1 heterocycles. The second-order valence-electron chi connectivity index (χ2n) is 3.83. The first-order valence-corrected chi connectivity index (χ1v) is 5.64. The molecular formula is C15H18N2O. The molecule has 2 N–H and O–H groups in total. The van der Waals surface area contributed by atoms with Crippen molar-refractivity contribution in [2.75, 3.05) is 12.3 Å². The van der Waals surface area contributed by atoms with Gasteiger partial charge in [0.15, 0.2) is 0 Å². The summed E-state index contributed by atoms with van der Waals surface area (Å²) in [6.45, 7) is -2.32. The van der Waals surface area contributed by atoms with Gasteiger partial charge in [-0.15, -0.1) is 0 Å². The van der Waals surface area contributed by atoms with E-state index < -0.39 is 13.2 Å². The van der Waals surface area contributed by atoms with E-state index >= 15 is 0 Å². The van der Waals surface area contributed by atoms with Gasteiger partial charge in [0, 0.05) is 30.9 Å². The predicted octanol–water partition coefficient (Wildman–Crippen LogP) is 2.85. The highest BCUT2D eigenvalue weighted by Crippen LogP contribution is 2.13. The first kappa shape index (κ1) is 7.41. The van der Waals surface area contributed by atoms with Crippen LogP contribution in [0.5, 0.6) is 5.75 Å². The quantitative estimate of drug-likeness (QED) is 0.826. The van der Waals surface area contributed by atoms with Gasteiger partial charge in [-0.3, -0.25) is 4.98 Å². The fourth-order valence-electron chi connectivity index (χ4n) is 1.48. The Morgan fingerprint density at radius 2 is 2.11 bits per heavy atom. The highest BCUT2D eigenvalue weighted by Gasteiger charge is 1.97. The SMILES string of the molecule is [2H]C([2H])([2H])C([2H])([2H])c1ccc(CCOc2ccc(N)cc2)nc1. The minimum Gasteiger partial charge on any atom is -0.493 e. The van der Waals surface area contributed by atoms with Crippen molar-refractivity contribution in [3.05, 3.63) is 53.9 Å². The molecule has 0 aliphatic rings. The third-order valence-electron chi connectivity index (χ3n) is 2.48. The molecule has 0 bridgehead atoms. The average molecular weight is 247 g/mol. The monoisotopic (exact) mass is 247 g/mol. The summed E-state index contributed by atoms with van der Waals surface area (Å²) in [6.07, 6.45) is -0.620. The van der Waals surface area contributed by atoms with Crippen LogP contribution in [0.2, 0.25) is 0 Å². The minimum atomic E-state index is -2.73. The summed E-state index contributed by atoms with van der Waals surface area (Å²) in [5, 5.41) is 0. The number of hydrogen-bond acceptors (Lipinski definition) is 3. The van der Waals surface area contributed by atoms with Crippen molar-refractivity contribution >= 4 is 5.69 Å². The number of aryl methyl sites for hydroxylation is 1. The maximum Gasteiger partial charge on any atom is 0.119 e. The molecule has 0 fully saturated rings. The van der Waals surface area contributed by atoms with Crippen molar-refractivity contribution < 1.29 is 11.6 Å². The zero-order valence-corrected chi connectivity index (χ0v) is 9.89.